The third-order valence-electron chi connectivity index (χ3n) is 3.35. The van der Waals surface area contributed by atoms with Crippen molar-refractivity contribution >= 4 is 5.91 Å². The Balaban J connectivity index is 1.93. The van der Waals surface area contributed by atoms with Crippen LogP contribution in [0.5, 0.6) is 11.5 Å². The first-order valence-electron chi connectivity index (χ1n) is 6.83. The molecule has 2 rings (SSSR count). The average molecular weight is 301 g/mol. The number of rotatable bonds is 5. The Morgan fingerprint density at radius 3 is 2.55 bits per heavy atom. The highest BCUT2D eigenvalue weighted by Gasteiger charge is 2.15. The number of nitrogens with one attached hydrogen (secondary N) is 2. The van der Waals surface area contributed by atoms with Crippen LogP contribution in [0.2, 0.25) is 0 Å². The molecule has 6 heteroatoms. The first-order chi connectivity index (χ1) is 10.5. The number of carbonyl (C=O) groups is 1. The lowest BCUT2D eigenvalue weighted by molar-refractivity contribution is -0.123. The van der Waals surface area contributed by atoms with Crippen LogP contribution < -0.4 is 16.6 Å². The van der Waals surface area contributed by atoms with Gasteiger partial charge in [0.2, 0.25) is 0 Å². The molecule has 0 aliphatic heterocycles. The van der Waals surface area contributed by atoms with E-state index >= 15 is 0 Å². The second-order valence-corrected chi connectivity index (χ2v) is 4.99. The predicted molar refractivity (Wildman–Crippen MR) is 82.9 cm³/mol. The van der Waals surface area contributed by atoms with Crippen LogP contribution in [0.15, 0.2) is 42.5 Å². The van der Waals surface area contributed by atoms with Gasteiger partial charge in [-0.15, -0.1) is 0 Å². The molecule has 6 nitrogen and oxygen atoms in total. The summed E-state index contributed by atoms with van der Waals surface area (Å²) in [4.78, 5) is 12.0. The SMILES string of the molecule is Cc1cc(O)cc(O)c1CNNC(=O)[C@@H](N)c1ccccc1. The lowest BCUT2D eigenvalue weighted by atomic mass is 10.1. The molecule has 0 aliphatic rings. The first kappa shape index (κ1) is 15.8. The first-order valence-corrected chi connectivity index (χ1v) is 6.83. The molecule has 0 radical (unpaired) electrons. The second-order valence-electron chi connectivity index (χ2n) is 4.99. The van der Waals surface area contributed by atoms with Crippen LogP contribution in [0.1, 0.15) is 22.7 Å². The van der Waals surface area contributed by atoms with E-state index in [1.807, 2.05) is 18.2 Å². The van der Waals surface area contributed by atoms with Crippen LogP contribution >= 0.6 is 0 Å². The average Bonchev–Trinajstić information content (AvgIpc) is 2.49. The van der Waals surface area contributed by atoms with Gasteiger partial charge in [-0.1, -0.05) is 30.3 Å². The fourth-order valence-corrected chi connectivity index (χ4v) is 2.12. The third-order valence-corrected chi connectivity index (χ3v) is 3.35. The van der Waals surface area contributed by atoms with Gasteiger partial charge in [0, 0.05) is 18.2 Å². The number of carbonyl (C=O) groups excluding carboxylic acids is 1. The summed E-state index contributed by atoms with van der Waals surface area (Å²) in [6, 6.07) is 11.0. The Morgan fingerprint density at radius 2 is 1.91 bits per heavy atom. The number of hydrogen-bond donors (Lipinski definition) is 5. The minimum atomic E-state index is -0.775. The van der Waals surface area contributed by atoms with Crippen molar-refractivity contribution in [1.29, 1.82) is 0 Å². The zero-order valence-corrected chi connectivity index (χ0v) is 12.2. The molecule has 116 valence electrons. The summed E-state index contributed by atoms with van der Waals surface area (Å²) in [6.07, 6.45) is 0. The van der Waals surface area contributed by atoms with E-state index in [4.69, 9.17) is 5.73 Å². The molecule has 0 unspecified atom stereocenters. The van der Waals surface area contributed by atoms with Gasteiger partial charge in [-0.25, -0.2) is 5.43 Å². The van der Waals surface area contributed by atoms with Gasteiger partial charge in [0.05, 0.1) is 0 Å². The van der Waals surface area contributed by atoms with Gasteiger partial charge in [0.15, 0.2) is 0 Å². The zero-order chi connectivity index (χ0) is 16.1. The van der Waals surface area contributed by atoms with Crippen LogP contribution in [0.25, 0.3) is 0 Å². The van der Waals surface area contributed by atoms with Gasteiger partial charge in [-0.2, -0.15) is 0 Å². The highest BCUT2D eigenvalue weighted by atomic mass is 16.3. The summed E-state index contributed by atoms with van der Waals surface area (Å²) in [5, 5.41) is 19.2. The topological polar surface area (TPSA) is 108 Å². The molecule has 0 saturated carbocycles. The predicted octanol–water partition coefficient (Wildman–Crippen LogP) is 1.23. The molecule has 0 heterocycles. The lowest BCUT2D eigenvalue weighted by Crippen LogP contribution is -2.42. The molecular weight excluding hydrogens is 282 g/mol. The number of benzene rings is 2. The smallest absolute Gasteiger partial charge is 0.255 e. The fourth-order valence-electron chi connectivity index (χ4n) is 2.12. The molecule has 2 aromatic rings. The van der Waals surface area contributed by atoms with E-state index in [0.717, 1.165) is 0 Å². The third kappa shape index (κ3) is 3.75. The summed E-state index contributed by atoms with van der Waals surface area (Å²) in [6.45, 7) is 1.97. The maximum Gasteiger partial charge on any atom is 0.255 e. The Labute approximate surface area is 128 Å². The van der Waals surface area contributed by atoms with Crippen molar-refractivity contribution < 1.29 is 15.0 Å². The molecule has 22 heavy (non-hydrogen) atoms. The monoisotopic (exact) mass is 301 g/mol. The minimum absolute atomic E-state index is 0.00566. The van der Waals surface area contributed by atoms with Crippen molar-refractivity contribution in [1.82, 2.24) is 10.9 Å². The maximum absolute atomic E-state index is 12.0. The standard InChI is InChI=1S/C16H19N3O3/c1-10-7-12(20)8-14(21)13(10)9-18-19-16(22)15(17)11-5-3-2-4-6-11/h2-8,15,18,20-21H,9,17H2,1H3,(H,19,22)/t15-/m0/s1. The van der Waals surface area contributed by atoms with Crippen LogP contribution in [0.4, 0.5) is 0 Å². The number of aromatic hydroxyl groups is 2. The number of aryl methyl sites for hydroxylation is 1. The van der Waals surface area contributed by atoms with Crippen molar-refractivity contribution in [2.75, 3.05) is 0 Å². The quantitative estimate of drug-likeness (QED) is 0.534. The van der Waals surface area contributed by atoms with E-state index in [0.29, 0.717) is 16.7 Å². The zero-order valence-electron chi connectivity index (χ0n) is 12.2. The molecule has 0 aromatic heterocycles. The molecule has 0 spiro atoms. The normalized spacial score (nSPS) is 11.9. The van der Waals surface area contributed by atoms with E-state index in [2.05, 4.69) is 10.9 Å². The van der Waals surface area contributed by atoms with Crippen LogP contribution in [-0.4, -0.2) is 16.1 Å². The van der Waals surface area contributed by atoms with Crippen LogP contribution in [-0.2, 0) is 11.3 Å². The summed E-state index contributed by atoms with van der Waals surface area (Å²) in [7, 11) is 0. The summed E-state index contributed by atoms with van der Waals surface area (Å²) >= 11 is 0. The molecule has 0 aliphatic carbocycles. The summed E-state index contributed by atoms with van der Waals surface area (Å²) in [5.41, 5.74) is 13.1. The number of nitrogens with two attached hydrogens (primary N) is 1. The Morgan fingerprint density at radius 1 is 1.23 bits per heavy atom. The van der Waals surface area contributed by atoms with Crippen molar-refractivity contribution in [2.45, 2.75) is 19.5 Å². The summed E-state index contributed by atoms with van der Waals surface area (Å²) < 4.78 is 0. The van der Waals surface area contributed by atoms with Crippen LogP contribution in [0.3, 0.4) is 0 Å². The molecule has 0 fully saturated rings. The van der Waals surface area contributed by atoms with E-state index in [-0.39, 0.29) is 24.0 Å². The van der Waals surface area contributed by atoms with E-state index in [9.17, 15) is 15.0 Å². The molecule has 1 amide bonds. The molecule has 6 N–H and O–H groups in total. The Hall–Kier alpha value is -2.57. The molecule has 1 atom stereocenters. The van der Waals surface area contributed by atoms with Crippen molar-refractivity contribution in [3.8, 4) is 11.5 Å². The van der Waals surface area contributed by atoms with Gasteiger partial charge in [-0.3, -0.25) is 10.2 Å². The highest BCUT2D eigenvalue weighted by Crippen LogP contribution is 2.26. The molecular formula is C16H19N3O3. The minimum Gasteiger partial charge on any atom is -0.508 e. The number of hydrazine groups is 1. The van der Waals surface area contributed by atoms with Crippen molar-refractivity contribution in [3.63, 3.8) is 0 Å². The van der Waals surface area contributed by atoms with Gasteiger partial charge in [0.1, 0.15) is 17.5 Å². The lowest BCUT2D eigenvalue weighted by Gasteiger charge is -2.15. The number of phenolic OH excluding ortho intramolecular Hbond substituents is 2. The maximum atomic E-state index is 12.0. The van der Waals surface area contributed by atoms with Gasteiger partial charge >= 0.3 is 0 Å². The largest absolute Gasteiger partial charge is 0.508 e. The van der Waals surface area contributed by atoms with Gasteiger partial charge in [0.25, 0.3) is 5.91 Å². The number of phenols is 2. The highest BCUT2D eigenvalue weighted by molar-refractivity contribution is 5.82. The molecule has 0 saturated heterocycles. The number of amides is 1. The second kappa shape index (κ2) is 6.93. The molecule has 0 bridgehead atoms. The molecule has 2 aromatic carbocycles. The van der Waals surface area contributed by atoms with Crippen molar-refractivity contribution in [2.24, 2.45) is 5.73 Å². The Kier molecular flexibility index (Phi) is 4.98. The Bertz CT molecular complexity index is 636. The van der Waals surface area contributed by atoms with Gasteiger partial charge in [-0.05, 0) is 24.1 Å². The fraction of sp³-hybridized carbons (Fsp3) is 0.188. The van der Waals surface area contributed by atoms with Crippen LogP contribution in [0, 0.1) is 6.92 Å². The van der Waals surface area contributed by atoms with E-state index in [1.54, 1.807) is 19.1 Å². The van der Waals surface area contributed by atoms with Gasteiger partial charge < -0.3 is 15.9 Å². The van der Waals surface area contributed by atoms with E-state index < -0.39 is 6.04 Å². The summed E-state index contributed by atoms with van der Waals surface area (Å²) in [5.74, 6) is -0.414. The number of hydrogen-bond acceptors (Lipinski definition) is 5. The van der Waals surface area contributed by atoms with E-state index in [1.165, 1.54) is 12.1 Å². The van der Waals surface area contributed by atoms with Crippen molar-refractivity contribution in [3.05, 3.63) is 59.2 Å².